The summed E-state index contributed by atoms with van der Waals surface area (Å²) in [6.45, 7) is 0. The maximum absolute atomic E-state index is 6.43. The van der Waals surface area contributed by atoms with E-state index in [4.69, 9.17) is 23.2 Å². The van der Waals surface area contributed by atoms with E-state index in [2.05, 4.69) is 12.1 Å². The third kappa shape index (κ3) is 2.68. The SMILES string of the molecule is Clc1ccccc1C1CCCCCC1Cl. The summed E-state index contributed by atoms with van der Waals surface area (Å²) < 4.78 is 0. The van der Waals surface area contributed by atoms with Crippen LogP contribution in [0.5, 0.6) is 0 Å². The first-order valence-electron chi connectivity index (χ1n) is 5.67. The van der Waals surface area contributed by atoms with Gasteiger partial charge in [-0.2, -0.15) is 0 Å². The molecule has 0 N–H and O–H groups in total. The van der Waals surface area contributed by atoms with Crippen LogP contribution in [0.3, 0.4) is 0 Å². The molecule has 82 valence electrons. The Kier molecular flexibility index (Phi) is 3.93. The molecule has 1 saturated carbocycles. The van der Waals surface area contributed by atoms with E-state index in [0.29, 0.717) is 5.92 Å². The highest BCUT2D eigenvalue weighted by Crippen LogP contribution is 2.38. The van der Waals surface area contributed by atoms with Gasteiger partial charge in [-0.1, -0.05) is 49.1 Å². The highest BCUT2D eigenvalue weighted by atomic mass is 35.5. The van der Waals surface area contributed by atoms with Crippen LogP contribution >= 0.6 is 23.2 Å². The predicted molar refractivity (Wildman–Crippen MR) is 66.9 cm³/mol. The van der Waals surface area contributed by atoms with Crippen molar-refractivity contribution in [2.75, 3.05) is 0 Å². The van der Waals surface area contributed by atoms with Crippen LogP contribution in [0, 0.1) is 0 Å². The number of alkyl halides is 1. The Hall–Kier alpha value is -0.200. The lowest BCUT2D eigenvalue weighted by Gasteiger charge is -2.21. The van der Waals surface area contributed by atoms with Crippen LogP contribution in [-0.2, 0) is 0 Å². The minimum atomic E-state index is 0.257. The van der Waals surface area contributed by atoms with Crippen LogP contribution in [0.25, 0.3) is 0 Å². The summed E-state index contributed by atoms with van der Waals surface area (Å²) in [6.07, 6.45) is 6.15. The predicted octanol–water partition coefficient (Wildman–Crippen LogP) is 5.00. The van der Waals surface area contributed by atoms with Gasteiger partial charge in [0.25, 0.3) is 0 Å². The van der Waals surface area contributed by atoms with Gasteiger partial charge in [-0.25, -0.2) is 0 Å². The Morgan fingerprint density at radius 2 is 1.73 bits per heavy atom. The average Bonchev–Trinajstić information content (AvgIpc) is 2.44. The molecular weight excluding hydrogens is 227 g/mol. The van der Waals surface area contributed by atoms with Gasteiger partial charge >= 0.3 is 0 Å². The van der Waals surface area contributed by atoms with Gasteiger partial charge in [-0.15, -0.1) is 11.6 Å². The molecule has 0 aliphatic heterocycles. The molecule has 2 rings (SSSR count). The molecule has 1 aromatic rings. The first-order chi connectivity index (χ1) is 7.29. The minimum absolute atomic E-state index is 0.257. The van der Waals surface area contributed by atoms with Crippen LogP contribution in [0.15, 0.2) is 24.3 Å². The Morgan fingerprint density at radius 3 is 2.53 bits per heavy atom. The molecule has 1 aliphatic rings. The molecule has 0 bridgehead atoms. The fraction of sp³-hybridized carbons (Fsp3) is 0.538. The lowest BCUT2D eigenvalue weighted by atomic mass is 9.91. The molecule has 0 aromatic heterocycles. The quantitative estimate of drug-likeness (QED) is 0.481. The zero-order valence-corrected chi connectivity index (χ0v) is 10.3. The van der Waals surface area contributed by atoms with E-state index in [1.807, 2.05) is 12.1 Å². The number of rotatable bonds is 1. The average molecular weight is 243 g/mol. The van der Waals surface area contributed by atoms with Crippen LogP contribution in [-0.4, -0.2) is 5.38 Å². The molecule has 2 unspecified atom stereocenters. The van der Waals surface area contributed by atoms with Crippen molar-refractivity contribution in [1.29, 1.82) is 0 Å². The van der Waals surface area contributed by atoms with Crippen molar-refractivity contribution < 1.29 is 0 Å². The summed E-state index contributed by atoms with van der Waals surface area (Å²) >= 11 is 12.7. The van der Waals surface area contributed by atoms with E-state index >= 15 is 0 Å². The first kappa shape index (κ1) is 11.3. The molecule has 2 atom stereocenters. The van der Waals surface area contributed by atoms with Crippen molar-refractivity contribution in [2.24, 2.45) is 0 Å². The largest absolute Gasteiger partial charge is 0.122 e. The van der Waals surface area contributed by atoms with E-state index in [0.717, 1.165) is 11.4 Å². The zero-order valence-electron chi connectivity index (χ0n) is 8.76. The molecule has 0 heterocycles. The summed E-state index contributed by atoms with van der Waals surface area (Å²) in [7, 11) is 0. The molecule has 1 fully saturated rings. The standard InChI is InChI=1S/C13H16Cl2/c14-12-8-3-1-2-6-10(12)11-7-4-5-9-13(11)15/h4-5,7,9-10,12H,1-3,6,8H2. The smallest absolute Gasteiger partial charge is 0.0441 e. The van der Waals surface area contributed by atoms with Gasteiger partial charge in [-0.05, 0) is 24.5 Å². The number of hydrogen-bond donors (Lipinski definition) is 0. The van der Waals surface area contributed by atoms with Crippen LogP contribution in [0.2, 0.25) is 5.02 Å². The van der Waals surface area contributed by atoms with Crippen molar-refractivity contribution in [3.8, 4) is 0 Å². The van der Waals surface area contributed by atoms with Crippen molar-refractivity contribution in [1.82, 2.24) is 0 Å². The summed E-state index contributed by atoms with van der Waals surface area (Å²) in [5.41, 5.74) is 1.24. The van der Waals surface area contributed by atoms with Gasteiger partial charge in [0.05, 0.1) is 0 Å². The van der Waals surface area contributed by atoms with Gasteiger partial charge < -0.3 is 0 Å². The lowest BCUT2D eigenvalue weighted by Crippen LogP contribution is -2.11. The van der Waals surface area contributed by atoms with Crippen molar-refractivity contribution >= 4 is 23.2 Å². The van der Waals surface area contributed by atoms with Gasteiger partial charge in [0.15, 0.2) is 0 Å². The van der Waals surface area contributed by atoms with Crippen molar-refractivity contribution in [3.05, 3.63) is 34.9 Å². The molecule has 0 radical (unpaired) electrons. The van der Waals surface area contributed by atoms with Crippen molar-refractivity contribution in [3.63, 3.8) is 0 Å². The maximum Gasteiger partial charge on any atom is 0.0441 e. The third-order valence-electron chi connectivity index (χ3n) is 3.24. The maximum atomic E-state index is 6.43. The Bertz CT molecular complexity index is 322. The second-order valence-corrected chi connectivity index (χ2v) is 5.25. The van der Waals surface area contributed by atoms with Gasteiger partial charge in [0.1, 0.15) is 0 Å². The monoisotopic (exact) mass is 242 g/mol. The number of hydrogen-bond acceptors (Lipinski definition) is 0. The highest BCUT2D eigenvalue weighted by Gasteiger charge is 2.24. The molecule has 0 spiro atoms. The molecule has 0 nitrogen and oxygen atoms in total. The second-order valence-electron chi connectivity index (χ2n) is 4.28. The topological polar surface area (TPSA) is 0 Å². The molecule has 1 aromatic carbocycles. The minimum Gasteiger partial charge on any atom is -0.122 e. The second kappa shape index (κ2) is 5.23. The molecular formula is C13H16Cl2. The van der Waals surface area contributed by atoms with Gasteiger partial charge in [0.2, 0.25) is 0 Å². The summed E-state index contributed by atoms with van der Waals surface area (Å²) in [5.74, 6) is 0.447. The van der Waals surface area contributed by atoms with Gasteiger partial charge in [0, 0.05) is 16.3 Å². The van der Waals surface area contributed by atoms with Gasteiger partial charge in [-0.3, -0.25) is 0 Å². The third-order valence-corrected chi connectivity index (χ3v) is 4.10. The Balaban J connectivity index is 2.24. The van der Waals surface area contributed by atoms with Crippen molar-refractivity contribution in [2.45, 2.75) is 43.4 Å². The Morgan fingerprint density at radius 1 is 1.00 bits per heavy atom. The lowest BCUT2D eigenvalue weighted by molar-refractivity contribution is 0.600. The molecule has 0 amide bonds. The normalized spacial score (nSPS) is 27.3. The molecule has 1 aliphatic carbocycles. The Labute approximate surface area is 102 Å². The number of halogens is 2. The first-order valence-corrected chi connectivity index (χ1v) is 6.49. The fourth-order valence-electron chi connectivity index (χ4n) is 2.39. The van der Waals surface area contributed by atoms with E-state index in [-0.39, 0.29) is 5.38 Å². The van der Waals surface area contributed by atoms with Crippen LogP contribution in [0.1, 0.15) is 43.6 Å². The summed E-state index contributed by atoms with van der Waals surface area (Å²) in [6, 6.07) is 8.11. The summed E-state index contributed by atoms with van der Waals surface area (Å²) in [5, 5.41) is 1.13. The van der Waals surface area contributed by atoms with Crippen LogP contribution in [0.4, 0.5) is 0 Å². The van der Waals surface area contributed by atoms with E-state index in [9.17, 15) is 0 Å². The molecule has 2 heteroatoms. The van der Waals surface area contributed by atoms with E-state index in [1.54, 1.807) is 0 Å². The van der Waals surface area contributed by atoms with E-state index < -0.39 is 0 Å². The molecule has 15 heavy (non-hydrogen) atoms. The number of benzene rings is 1. The fourth-order valence-corrected chi connectivity index (χ4v) is 3.08. The van der Waals surface area contributed by atoms with E-state index in [1.165, 1.54) is 31.2 Å². The molecule has 0 saturated heterocycles. The summed E-state index contributed by atoms with van der Waals surface area (Å²) in [4.78, 5) is 0. The zero-order chi connectivity index (χ0) is 10.7. The highest BCUT2D eigenvalue weighted by molar-refractivity contribution is 6.31. The van der Waals surface area contributed by atoms with Crippen LogP contribution < -0.4 is 0 Å².